The first kappa shape index (κ1) is 11.0. The number of hydrogen-bond donors (Lipinski definition) is 0. The number of benzene rings is 1. The van der Waals surface area contributed by atoms with Crippen LogP contribution in [0.3, 0.4) is 0 Å². The molecule has 0 aliphatic carbocycles. The fourth-order valence-corrected chi connectivity index (χ4v) is 1.04. The van der Waals surface area contributed by atoms with Gasteiger partial charge < -0.3 is 9.47 Å². The summed E-state index contributed by atoms with van der Waals surface area (Å²) in [5.74, 6) is 1.45. The van der Waals surface area contributed by atoms with Gasteiger partial charge in [-0.25, -0.2) is 0 Å². The molecule has 0 saturated carbocycles. The number of rotatable bonds is 5. The number of hydrogen-bond acceptors (Lipinski definition) is 3. The van der Waals surface area contributed by atoms with Crippen molar-refractivity contribution >= 4 is 21.7 Å². The molecule has 0 heterocycles. The molecule has 76 valence electrons. The van der Waals surface area contributed by atoms with E-state index in [9.17, 15) is 4.79 Å². The van der Waals surface area contributed by atoms with Crippen LogP contribution in [-0.4, -0.2) is 24.8 Å². The van der Waals surface area contributed by atoms with E-state index in [1.807, 2.05) is 0 Å². The van der Waals surface area contributed by atoms with Crippen LogP contribution in [0, 0.1) is 0 Å². The van der Waals surface area contributed by atoms with Gasteiger partial charge >= 0.3 is 0 Å². The van der Waals surface area contributed by atoms with Crippen LogP contribution in [-0.2, 0) is 4.79 Å². The molecule has 0 aliphatic rings. The fraction of sp³-hybridized carbons (Fsp3) is 0.300. The van der Waals surface area contributed by atoms with Gasteiger partial charge in [-0.3, -0.25) is 4.79 Å². The van der Waals surface area contributed by atoms with Gasteiger partial charge in [0, 0.05) is 0 Å². The first-order valence-corrected chi connectivity index (χ1v) is 5.23. The minimum atomic E-state index is 0.0146. The summed E-state index contributed by atoms with van der Waals surface area (Å²) in [6, 6.07) is 7.10. The van der Waals surface area contributed by atoms with Crippen LogP contribution >= 0.6 is 15.9 Å². The van der Waals surface area contributed by atoms with Gasteiger partial charge in [0.15, 0.2) is 5.78 Å². The highest BCUT2D eigenvalue weighted by Gasteiger charge is 2.00. The lowest BCUT2D eigenvalue weighted by Gasteiger charge is -2.04. The maximum Gasteiger partial charge on any atom is 0.180 e. The highest BCUT2D eigenvalue weighted by atomic mass is 79.9. The lowest BCUT2D eigenvalue weighted by molar-refractivity contribution is -0.118. The summed E-state index contributed by atoms with van der Waals surface area (Å²) in [6.45, 7) is 0.0948. The molecule has 0 spiro atoms. The Kier molecular flexibility index (Phi) is 4.46. The van der Waals surface area contributed by atoms with E-state index in [0.29, 0.717) is 11.1 Å². The molecule has 0 unspecified atom stereocenters. The first-order valence-electron chi connectivity index (χ1n) is 4.11. The molecule has 3 nitrogen and oxygen atoms in total. The standard InChI is InChI=1S/C10H11BrO3/c1-13-9-2-4-10(5-3-9)14-7-8(12)6-11/h2-5H,6-7H2,1H3. The van der Waals surface area contributed by atoms with Crippen LogP contribution in [0.25, 0.3) is 0 Å². The van der Waals surface area contributed by atoms with E-state index < -0.39 is 0 Å². The number of ketones is 1. The summed E-state index contributed by atoms with van der Waals surface area (Å²) in [4.78, 5) is 10.9. The van der Waals surface area contributed by atoms with Gasteiger partial charge in [-0.05, 0) is 24.3 Å². The van der Waals surface area contributed by atoms with Gasteiger partial charge in [-0.2, -0.15) is 0 Å². The van der Waals surface area contributed by atoms with Gasteiger partial charge in [-0.15, -0.1) is 0 Å². The molecule has 1 aromatic rings. The van der Waals surface area contributed by atoms with Gasteiger partial charge in [0.2, 0.25) is 0 Å². The smallest absolute Gasteiger partial charge is 0.180 e. The van der Waals surface area contributed by atoms with Gasteiger partial charge in [0.1, 0.15) is 18.1 Å². The Bertz CT molecular complexity index is 295. The van der Waals surface area contributed by atoms with Crippen molar-refractivity contribution in [3.8, 4) is 11.5 Å². The molecule has 1 rings (SSSR count). The molecule has 0 radical (unpaired) electrons. The van der Waals surface area contributed by atoms with E-state index in [4.69, 9.17) is 9.47 Å². The van der Waals surface area contributed by atoms with E-state index in [-0.39, 0.29) is 12.4 Å². The second-order valence-electron chi connectivity index (χ2n) is 2.64. The molecular formula is C10H11BrO3. The van der Waals surface area contributed by atoms with Crippen molar-refractivity contribution in [2.24, 2.45) is 0 Å². The minimum absolute atomic E-state index is 0.0146. The zero-order valence-corrected chi connectivity index (χ0v) is 9.41. The van der Waals surface area contributed by atoms with Crippen molar-refractivity contribution in [1.29, 1.82) is 0 Å². The summed E-state index contributed by atoms with van der Waals surface area (Å²) in [5.41, 5.74) is 0. The largest absolute Gasteiger partial charge is 0.497 e. The molecule has 0 N–H and O–H groups in total. The normalized spacial score (nSPS) is 9.57. The van der Waals surface area contributed by atoms with Crippen LogP contribution in [0.5, 0.6) is 11.5 Å². The third-order valence-corrected chi connectivity index (χ3v) is 2.23. The Morgan fingerprint density at radius 1 is 1.29 bits per heavy atom. The second-order valence-corrected chi connectivity index (χ2v) is 3.20. The SMILES string of the molecule is COc1ccc(OCC(=O)CBr)cc1. The average Bonchev–Trinajstić information content (AvgIpc) is 2.26. The molecular weight excluding hydrogens is 248 g/mol. The van der Waals surface area contributed by atoms with Gasteiger partial charge in [0.25, 0.3) is 0 Å². The maximum absolute atomic E-state index is 10.9. The first-order chi connectivity index (χ1) is 6.76. The third-order valence-electron chi connectivity index (χ3n) is 1.61. The number of carbonyl (C=O) groups excluding carboxylic acids is 1. The molecule has 0 bridgehead atoms. The maximum atomic E-state index is 10.9. The molecule has 0 amide bonds. The Morgan fingerprint density at radius 2 is 1.86 bits per heavy atom. The Labute approximate surface area is 91.1 Å². The number of halogens is 1. The zero-order chi connectivity index (χ0) is 10.4. The molecule has 0 aliphatic heterocycles. The Hall–Kier alpha value is -1.03. The van der Waals surface area contributed by atoms with Crippen molar-refractivity contribution in [3.63, 3.8) is 0 Å². The van der Waals surface area contributed by atoms with Crippen molar-refractivity contribution in [1.82, 2.24) is 0 Å². The molecule has 0 atom stereocenters. The molecule has 4 heteroatoms. The van der Waals surface area contributed by atoms with E-state index in [2.05, 4.69) is 15.9 Å². The molecule has 0 fully saturated rings. The minimum Gasteiger partial charge on any atom is -0.497 e. The number of Topliss-reactive ketones (excluding diaryl/α,β-unsaturated/α-hetero) is 1. The second kappa shape index (κ2) is 5.65. The van der Waals surface area contributed by atoms with Crippen LogP contribution in [0.1, 0.15) is 0 Å². The fourth-order valence-electron chi connectivity index (χ4n) is 0.874. The van der Waals surface area contributed by atoms with Crippen molar-refractivity contribution < 1.29 is 14.3 Å². The molecule has 14 heavy (non-hydrogen) atoms. The lowest BCUT2D eigenvalue weighted by atomic mass is 10.3. The number of methoxy groups -OCH3 is 1. The van der Waals surface area contributed by atoms with Crippen LogP contribution in [0.2, 0.25) is 0 Å². The highest BCUT2D eigenvalue weighted by molar-refractivity contribution is 9.09. The van der Waals surface area contributed by atoms with Crippen molar-refractivity contribution in [3.05, 3.63) is 24.3 Å². The molecule has 1 aromatic carbocycles. The average molecular weight is 259 g/mol. The van der Waals surface area contributed by atoms with Gasteiger partial charge in [0.05, 0.1) is 12.4 Å². The van der Waals surface area contributed by atoms with E-state index >= 15 is 0 Å². The summed E-state index contributed by atoms with van der Waals surface area (Å²) >= 11 is 3.06. The predicted molar refractivity (Wildman–Crippen MR) is 57.3 cm³/mol. The third kappa shape index (κ3) is 3.38. The summed E-state index contributed by atoms with van der Waals surface area (Å²) < 4.78 is 10.2. The van der Waals surface area contributed by atoms with E-state index in [0.717, 1.165) is 5.75 Å². The number of ether oxygens (including phenoxy) is 2. The molecule has 0 aromatic heterocycles. The summed E-state index contributed by atoms with van der Waals surface area (Å²) in [7, 11) is 1.60. The topological polar surface area (TPSA) is 35.5 Å². The Morgan fingerprint density at radius 3 is 2.36 bits per heavy atom. The predicted octanol–water partition coefficient (Wildman–Crippen LogP) is 2.04. The number of alkyl halides is 1. The lowest BCUT2D eigenvalue weighted by Crippen LogP contribution is -2.11. The van der Waals surface area contributed by atoms with Gasteiger partial charge in [-0.1, -0.05) is 15.9 Å². The van der Waals surface area contributed by atoms with E-state index in [1.54, 1.807) is 31.4 Å². The van der Waals surface area contributed by atoms with Crippen LogP contribution in [0.15, 0.2) is 24.3 Å². The quantitative estimate of drug-likeness (QED) is 0.759. The Balaban J connectivity index is 2.47. The number of carbonyl (C=O) groups is 1. The zero-order valence-electron chi connectivity index (χ0n) is 7.83. The van der Waals surface area contributed by atoms with Crippen molar-refractivity contribution in [2.75, 3.05) is 19.0 Å². The molecule has 0 saturated heterocycles. The van der Waals surface area contributed by atoms with E-state index in [1.165, 1.54) is 0 Å². The van der Waals surface area contributed by atoms with Crippen molar-refractivity contribution in [2.45, 2.75) is 0 Å². The summed E-state index contributed by atoms with van der Waals surface area (Å²) in [6.07, 6.45) is 0. The monoisotopic (exact) mass is 258 g/mol. The summed E-state index contributed by atoms with van der Waals surface area (Å²) in [5, 5.41) is 0.323. The van der Waals surface area contributed by atoms with Crippen LogP contribution < -0.4 is 9.47 Å². The van der Waals surface area contributed by atoms with Crippen LogP contribution in [0.4, 0.5) is 0 Å². The highest BCUT2D eigenvalue weighted by Crippen LogP contribution is 2.16.